The van der Waals surface area contributed by atoms with Crippen LogP contribution in [0.25, 0.3) is 0 Å². The van der Waals surface area contributed by atoms with Crippen molar-refractivity contribution in [2.24, 2.45) is 12.0 Å². The zero-order valence-corrected chi connectivity index (χ0v) is 10.2. The molecule has 1 aromatic rings. The van der Waals surface area contributed by atoms with Crippen molar-refractivity contribution in [3.63, 3.8) is 0 Å². The standard InChI is InChI=1S/C8H15N5O2S/c1-4-10-8(9-2)12-16(14,15)7-5-11-13(3)6-7/h5-6H,4H2,1-3H3,(H2,9,10,12). The van der Waals surface area contributed by atoms with Gasteiger partial charge in [-0.3, -0.25) is 9.67 Å². The molecule has 0 radical (unpaired) electrons. The summed E-state index contributed by atoms with van der Waals surface area (Å²) in [6.07, 6.45) is 2.70. The number of aryl methyl sites for hydroxylation is 1. The van der Waals surface area contributed by atoms with Crippen molar-refractivity contribution < 1.29 is 8.42 Å². The van der Waals surface area contributed by atoms with Crippen LogP contribution in [0.1, 0.15) is 6.92 Å². The fourth-order valence-corrected chi connectivity index (χ4v) is 2.06. The summed E-state index contributed by atoms with van der Waals surface area (Å²) in [6, 6.07) is 0. The molecule has 0 aliphatic rings. The van der Waals surface area contributed by atoms with E-state index in [0.717, 1.165) is 0 Å². The van der Waals surface area contributed by atoms with E-state index >= 15 is 0 Å². The normalized spacial score (nSPS) is 12.6. The molecule has 16 heavy (non-hydrogen) atoms. The Morgan fingerprint density at radius 1 is 1.62 bits per heavy atom. The Morgan fingerprint density at radius 2 is 2.31 bits per heavy atom. The van der Waals surface area contributed by atoms with Crippen LogP contribution in [0, 0.1) is 0 Å². The van der Waals surface area contributed by atoms with Gasteiger partial charge < -0.3 is 5.32 Å². The largest absolute Gasteiger partial charge is 0.359 e. The lowest BCUT2D eigenvalue weighted by Crippen LogP contribution is -2.39. The number of aromatic nitrogens is 2. The van der Waals surface area contributed by atoms with Gasteiger partial charge in [0.05, 0.1) is 6.20 Å². The predicted octanol–water partition coefficient (Wildman–Crippen LogP) is -0.706. The van der Waals surface area contributed by atoms with Gasteiger partial charge in [0.25, 0.3) is 10.0 Å². The van der Waals surface area contributed by atoms with Crippen molar-refractivity contribution in [3.8, 4) is 0 Å². The number of guanidine groups is 1. The van der Waals surface area contributed by atoms with Gasteiger partial charge in [0.15, 0.2) is 0 Å². The molecule has 0 saturated carbocycles. The molecular formula is C8H15N5O2S. The van der Waals surface area contributed by atoms with Crippen molar-refractivity contribution in [2.45, 2.75) is 11.8 Å². The summed E-state index contributed by atoms with van der Waals surface area (Å²) >= 11 is 0. The summed E-state index contributed by atoms with van der Waals surface area (Å²) in [7, 11) is -0.351. The average Bonchev–Trinajstić information content (AvgIpc) is 2.64. The molecule has 7 nitrogen and oxygen atoms in total. The van der Waals surface area contributed by atoms with Crippen LogP contribution < -0.4 is 10.0 Å². The molecule has 1 rings (SSSR count). The van der Waals surface area contributed by atoms with Gasteiger partial charge in [-0.05, 0) is 6.92 Å². The third kappa shape index (κ3) is 2.96. The van der Waals surface area contributed by atoms with Crippen molar-refractivity contribution in [1.82, 2.24) is 19.8 Å². The second-order valence-electron chi connectivity index (χ2n) is 3.03. The Bertz CT molecular complexity index is 476. The maximum Gasteiger partial charge on any atom is 0.267 e. The second-order valence-corrected chi connectivity index (χ2v) is 4.71. The van der Waals surface area contributed by atoms with Crippen molar-refractivity contribution in [3.05, 3.63) is 12.4 Å². The van der Waals surface area contributed by atoms with Crippen LogP contribution in [-0.2, 0) is 17.1 Å². The molecule has 90 valence electrons. The first-order chi connectivity index (χ1) is 7.49. The average molecular weight is 245 g/mol. The van der Waals surface area contributed by atoms with Gasteiger partial charge in [0.2, 0.25) is 5.96 Å². The number of sulfonamides is 1. The third-order valence-electron chi connectivity index (χ3n) is 1.78. The smallest absolute Gasteiger partial charge is 0.267 e. The Hall–Kier alpha value is -1.57. The van der Waals surface area contributed by atoms with Crippen LogP contribution in [0.5, 0.6) is 0 Å². The van der Waals surface area contributed by atoms with Crippen LogP contribution in [0.15, 0.2) is 22.3 Å². The Morgan fingerprint density at radius 3 is 2.75 bits per heavy atom. The number of aliphatic imine (C=N–C) groups is 1. The van der Waals surface area contributed by atoms with Crippen molar-refractivity contribution in [2.75, 3.05) is 13.6 Å². The minimum atomic E-state index is -3.60. The highest BCUT2D eigenvalue weighted by Gasteiger charge is 2.17. The first kappa shape index (κ1) is 12.5. The highest BCUT2D eigenvalue weighted by molar-refractivity contribution is 7.90. The second kappa shape index (κ2) is 4.97. The maximum atomic E-state index is 11.8. The van der Waals surface area contributed by atoms with Crippen LogP contribution >= 0.6 is 0 Å². The van der Waals surface area contributed by atoms with Gasteiger partial charge in [-0.15, -0.1) is 0 Å². The van der Waals surface area contributed by atoms with Crippen LogP contribution in [0.3, 0.4) is 0 Å². The van der Waals surface area contributed by atoms with Crippen LogP contribution in [-0.4, -0.2) is 37.8 Å². The molecular weight excluding hydrogens is 230 g/mol. The number of nitrogens with one attached hydrogen (secondary N) is 2. The SMILES string of the molecule is CC/N=C(\NC)NS(=O)(=O)c1cnn(C)c1. The molecule has 1 aromatic heterocycles. The lowest BCUT2D eigenvalue weighted by molar-refractivity contribution is 0.591. The van der Waals surface area contributed by atoms with E-state index in [4.69, 9.17) is 0 Å². The Kier molecular flexibility index (Phi) is 3.88. The quantitative estimate of drug-likeness (QED) is 0.544. The number of hydrogen-bond acceptors (Lipinski definition) is 4. The zero-order chi connectivity index (χ0) is 12.2. The number of rotatable bonds is 3. The molecule has 0 atom stereocenters. The van der Waals surface area contributed by atoms with E-state index in [0.29, 0.717) is 6.54 Å². The molecule has 1 heterocycles. The molecule has 0 aliphatic carbocycles. The maximum absolute atomic E-state index is 11.8. The number of nitrogens with zero attached hydrogens (tertiary/aromatic N) is 3. The summed E-state index contributed by atoms with van der Waals surface area (Å²) < 4.78 is 27.4. The summed E-state index contributed by atoms with van der Waals surface area (Å²) in [5.74, 6) is 0.214. The van der Waals surface area contributed by atoms with Gasteiger partial charge in [0, 0.05) is 26.8 Å². The van der Waals surface area contributed by atoms with Gasteiger partial charge in [0.1, 0.15) is 4.90 Å². The molecule has 0 aliphatic heterocycles. The van der Waals surface area contributed by atoms with Gasteiger partial charge in [-0.2, -0.15) is 5.10 Å². The van der Waals surface area contributed by atoms with E-state index in [1.165, 1.54) is 17.1 Å². The van der Waals surface area contributed by atoms with E-state index in [9.17, 15) is 8.42 Å². The fourth-order valence-electron chi connectivity index (χ4n) is 1.04. The molecule has 0 fully saturated rings. The molecule has 2 N–H and O–H groups in total. The highest BCUT2D eigenvalue weighted by Crippen LogP contribution is 2.05. The van der Waals surface area contributed by atoms with E-state index < -0.39 is 10.0 Å². The first-order valence-corrected chi connectivity index (χ1v) is 6.21. The summed E-state index contributed by atoms with van der Waals surface area (Å²) in [5.41, 5.74) is 0. The van der Waals surface area contributed by atoms with Crippen LogP contribution in [0.2, 0.25) is 0 Å². The lowest BCUT2D eigenvalue weighted by Gasteiger charge is -2.08. The minimum Gasteiger partial charge on any atom is -0.359 e. The fraction of sp³-hybridized carbons (Fsp3) is 0.500. The predicted molar refractivity (Wildman–Crippen MR) is 60.6 cm³/mol. The molecule has 0 saturated heterocycles. The minimum absolute atomic E-state index is 0.106. The van der Waals surface area contributed by atoms with Gasteiger partial charge in [-0.25, -0.2) is 13.1 Å². The van der Waals surface area contributed by atoms with Crippen LogP contribution in [0.4, 0.5) is 0 Å². The first-order valence-electron chi connectivity index (χ1n) is 4.73. The monoisotopic (exact) mass is 245 g/mol. The summed E-state index contributed by atoms with van der Waals surface area (Å²) in [6.45, 7) is 2.31. The topological polar surface area (TPSA) is 88.4 Å². The zero-order valence-electron chi connectivity index (χ0n) is 9.43. The number of hydrogen-bond donors (Lipinski definition) is 2. The summed E-state index contributed by atoms with van der Waals surface area (Å²) in [4.78, 5) is 4.05. The van der Waals surface area contributed by atoms with E-state index in [-0.39, 0.29) is 10.9 Å². The molecule has 0 spiro atoms. The van der Waals surface area contributed by atoms with Gasteiger partial charge in [-0.1, -0.05) is 0 Å². The highest BCUT2D eigenvalue weighted by atomic mass is 32.2. The Balaban J connectivity index is 2.92. The Labute approximate surface area is 94.6 Å². The van der Waals surface area contributed by atoms with Crippen molar-refractivity contribution >= 4 is 16.0 Å². The van der Waals surface area contributed by atoms with Gasteiger partial charge >= 0.3 is 0 Å². The molecule has 0 aromatic carbocycles. The molecule has 8 heteroatoms. The van der Waals surface area contributed by atoms with E-state index in [1.54, 1.807) is 14.1 Å². The molecule has 0 amide bonds. The molecule has 0 bridgehead atoms. The molecule has 0 unspecified atom stereocenters. The van der Waals surface area contributed by atoms with E-state index in [2.05, 4.69) is 20.1 Å². The van der Waals surface area contributed by atoms with E-state index in [1.807, 2.05) is 6.92 Å². The third-order valence-corrected chi connectivity index (χ3v) is 3.07. The lowest BCUT2D eigenvalue weighted by atomic mass is 10.7. The van der Waals surface area contributed by atoms with Crippen molar-refractivity contribution in [1.29, 1.82) is 0 Å². The summed E-state index contributed by atoms with van der Waals surface area (Å²) in [5, 5.41) is 6.47.